The monoisotopic (exact) mass is 158 g/mol. The molecule has 66 valence electrons. The predicted molar refractivity (Wildman–Crippen MR) is 45.5 cm³/mol. The molecule has 1 saturated heterocycles. The van der Waals surface area contributed by atoms with Crippen LogP contribution in [0.3, 0.4) is 0 Å². The second-order valence-electron chi connectivity index (χ2n) is 3.16. The summed E-state index contributed by atoms with van der Waals surface area (Å²) in [5, 5.41) is 3.41. The van der Waals surface area contributed by atoms with Crippen LogP contribution in [0.25, 0.3) is 0 Å². The van der Waals surface area contributed by atoms with Crippen molar-refractivity contribution in [3.63, 3.8) is 0 Å². The van der Waals surface area contributed by atoms with Crippen molar-refractivity contribution < 1.29 is 4.74 Å². The van der Waals surface area contributed by atoms with Gasteiger partial charge in [-0.3, -0.25) is 0 Å². The molecule has 0 aromatic carbocycles. The average molecular weight is 158 g/mol. The van der Waals surface area contributed by atoms with E-state index in [2.05, 4.69) is 19.2 Å². The molecule has 0 bridgehead atoms. The molecule has 0 aromatic heterocycles. The van der Waals surface area contributed by atoms with Crippen molar-refractivity contribution in [3.05, 3.63) is 0 Å². The lowest BCUT2D eigenvalue weighted by molar-refractivity contribution is 0.165. The summed E-state index contributed by atoms with van der Waals surface area (Å²) in [6, 6.07) is 0.160. The van der Waals surface area contributed by atoms with Crippen molar-refractivity contribution in [3.8, 4) is 0 Å². The first-order chi connectivity index (χ1) is 5.25. The van der Waals surface area contributed by atoms with E-state index >= 15 is 0 Å². The largest absolute Gasteiger partial charge is 0.378 e. The number of nitrogens with one attached hydrogen (secondary N) is 1. The topological polar surface area (TPSA) is 47.3 Å². The molecular weight excluding hydrogens is 140 g/mol. The zero-order valence-electron chi connectivity index (χ0n) is 7.39. The van der Waals surface area contributed by atoms with E-state index in [0.717, 1.165) is 19.6 Å². The van der Waals surface area contributed by atoms with E-state index in [1.807, 2.05) is 0 Å². The molecule has 3 N–H and O–H groups in total. The molecule has 1 rings (SSSR count). The van der Waals surface area contributed by atoms with Gasteiger partial charge in [0.1, 0.15) is 0 Å². The summed E-state index contributed by atoms with van der Waals surface area (Å²) in [5.41, 5.74) is 5.97. The van der Waals surface area contributed by atoms with Crippen LogP contribution in [0.5, 0.6) is 0 Å². The van der Waals surface area contributed by atoms with Gasteiger partial charge in [0.2, 0.25) is 0 Å². The minimum absolute atomic E-state index is 0.0503. The summed E-state index contributed by atoms with van der Waals surface area (Å²) in [4.78, 5) is 0. The molecule has 2 atom stereocenters. The zero-order valence-corrected chi connectivity index (χ0v) is 7.39. The molecule has 1 heterocycles. The van der Waals surface area contributed by atoms with Crippen molar-refractivity contribution in [2.75, 3.05) is 19.8 Å². The summed E-state index contributed by atoms with van der Waals surface area (Å²) in [6.45, 7) is 6.67. The first kappa shape index (κ1) is 8.97. The molecule has 2 unspecified atom stereocenters. The van der Waals surface area contributed by atoms with Crippen molar-refractivity contribution >= 4 is 0 Å². The molecule has 0 saturated carbocycles. The van der Waals surface area contributed by atoms with Crippen molar-refractivity contribution in [2.24, 2.45) is 5.73 Å². The van der Waals surface area contributed by atoms with Crippen LogP contribution in [0.1, 0.15) is 20.3 Å². The van der Waals surface area contributed by atoms with Gasteiger partial charge in [-0.05, 0) is 13.0 Å². The lowest BCUT2D eigenvalue weighted by atomic mass is 9.91. The Labute approximate surface area is 68.3 Å². The maximum atomic E-state index is 5.92. The molecule has 11 heavy (non-hydrogen) atoms. The third kappa shape index (κ3) is 1.55. The van der Waals surface area contributed by atoms with Crippen molar-refractivity contribution in [1.29, 1.82) is 0 Å². The lowest BCUT2D eigenvalue weighted by Gasteiger charge is -2.31. The number of ether oxygens (including phenoxy) is 1. The zero-order chi connectivity index (χ0) is 8.32. The summed E-state index contributed by atoms with van der Waals surface area (Å²) in [5.74, 6) is 0. The Kier molecular flexibility index (Phi) is 2.87. The summed E-state index contributed by atoms with van der Waals surface area (Å²) >= 11 is 0. The second kappa shape index (κ2) is 3.52. The molecule has 0 radical (unpaired) electrons. The highest BCUT2D eigenvalue weighted by molar-refractivity contribution is 4.99. The number of likely N-dealkylation sites (N-methyl/N-ethyl adjacent to an activating group) is 1. The van der Waals surface area contributed by atoms with Crippen LogP contribution in [0.4, 0.5) is 0 Å². The lowest BCUT2D eigenvalue weighted by Crippen LogP contribution is -2.57. The van der Waals surface area contributed by atoms with E-state index in [0.29, 0.717) is 6.61 Å². The molecule has 3 heteroatoms. The first-order valence-corrected chi connectivity index (χ1v) is 4.33. The second-order valence-corrected chi connectivity index (χ2v) is 3.16. The van der Waals surface area contributed by atoms with Gasteiger partial charge in [0.15, 0.2) is 0 Å². The van der Waals surface area contributed by atoms with Gasteiger partial charge >= 0.3 is 0 Å². The Morgan fingerprint density at radius 1 is 1.64 bits per heavy atom. The van der Waals surface area contributed by atoms with Gasteiger partial charge in [-0.15, -0.1) is 0 Å². The number of nitrogens with two attached hydrogens (primary N) is 1. The van der Waals surface area contributed by atoms with Gasteiger partial charge < -0.3 is 15.8 Å². The fourth-order valence-electron chi connectivity index (χ4n) is 1.66. The fraction of sp³-hybridized carbons (Fsp3) is 1.00. The van der Waals surface area contributed by atoms with Crippen LogP contribution in [0, 0.1) is 0 Å². The summed E-state index contributed by atoms with van der Waals surface area (Å²) in [7, 11) is 0. The van der Waals surface area contributed by atoms with Gasteiger partial charge in [-0.25, -0.2) is 0 Å². The Morgan fingerprint density at radius 2 is 2.36 bits per heavy atom. The maximum absolute atomic E-state index is 5.92. The van der Waals surface area contributed by atoms with Crippen LogP contribution >= 0.6 is 0 Å². The molecular formula is C8H18N2O. The van der Waals surface area contributed by atoms with Crippen LogP contribution in [0.15, 0.2) is 0 Å². The molecule has 3 nitrogen and oxygen atoms in total. The SMILES string of the molecule is CCNC1(CC)COCC1N. The van der Waals surface area contributed by atoms with E-state index in [4.69, 9.17) is 10.5 Å². The van der Waals surface area contributed by atoms with Gasteiger partial charge in [-0.2, -0.15) is 0 Å². The number of hydrogen-bond acceptors (Lipinski definition) is 3. The van der Waals surface area contributed by atoms with E-state index in [1.165, 1.54) is 0 Å². The summed E-state index contributed by atoms with van der Waals surface area (Å²) in [6.07, 6.45) is 1.04. The Balaban J connectivity index is 2.57. The molecule has 1 fully saturated rings. The summed E-state index contributed by atoms with van der Waals surface area (Å²) < 4.78 is 5.33. The standard InChI is InChI=1S/C8H18N2O/c1-3-8(10-4-2)6-11-5-7(8)9/h7,10H,3-6,9H2,1-2H3. The molecule has 1 aliphatic rings. The van der Waals surface area contributed by atoms with Crippen LogP contribution in [-0.2, 0) is 4.74 Å². The van der Waals surface area contributed by atoms with E-state index in [1.54, 1.807) is 0 Å². The highest BCUT2D eigenvalue weighted by atomic mass is 16.5. The highest BCUT2D eigenvalue weighted by Gasteiger charge is 2.39. The quantitative estimate of drug-likeness (QED) is 0.612. The van der Waals surface area contributed by atoms with E-state index in [9.17, 15) is 0 Å². The normalized spacial score (nSPS) is 37.9. The minimum Gasteiger partial charge on any atom is -0.378 e. The minimum atomic E-state index is 0.0503. The molecule has 1 aliphatic heterocycles. The Hall–Kier alpha value is -0.120. The number of hydrogen-bond donors (Lipinski definition) is 2. The van der Waals surface area contributed by atoms with Crippen LogP contribution in [-0.4, -0.2) is 31.3 Å². The average Bonchev–Trinajstić information content (AvgIpc) is 2.35. The number of rotatable bonds is 3. The fourth-order valence-corrected chi connectivity index (χ4v) is 1.66. The predicted octanol–water partition coefficient (Wildman–Crippen LogP) is 0.102. The highest BCUT2D eigenvalue weighted by Crippen LogP contribution is 2.20. The Morgan fingerprint density at radius 3 is 2.73 bits per heavy atom. The molecule has 0 spiro atoms. The van der Waals surface area contributed by atoms with E-state index < -0.39 is 0 Å². The van der Waals surface area contributed by atoms with Crippen LogP contribution in [0.2, 0.25) is 0 Å². The van der Waals surface area contributed by atoms with Crippen molar-refractivity contribution in [1.82, 2.24) is 5.32 Å². The molecule has 0 amide bonds. The van der Waals surface area contributed by atoms with Crippen molar-refractivity contribution in [2.45, 2.75) is 31.8 Å². The van der Waals surface area contributed by atoms with E-state index in [-0.39, 0.29) is 11.6 Å². The maximum Gasteiger partial charge on any atom is 0.0665 e. The van der Waals surface area contributed by atoms with Gasteiger partial charge in [0.05, 0.1) is 18.8 Å². The molecule has 0 aromatic rings. The Bertz CT molecular complexity index is 129. The van der Waals surface area contributed by atoms with Crippen LogP contribution < -0.4 is 11.1 Å². The molecule has 0 aliphatic carbocycles. The van der Waals surface area contributed by atoms with Gasteiger partial charge in [0.25, 0.3) is 0 Å². The smallest absolute Gasteiger partial charge is 0.0665 e. The third-order valence-electron chi connectivity index (χ3n) is 2.53. The first-order valence-electron chi connectivity index (χ1n) is 4.33. The third-order valence-corrected chi connectivity index (χ3v) is 2.53. The van der Waals surface area contributed by atoms with Gasteiger partial charge in [0, 0.05) is 6.04 Å². The van der Waals surface area contributed by atoms with Gasteiger partial charge in [-0.1, -0.05) is 13.8 Å².